The van der Waals surface area contributed by atoms with Gasteiger partial charge in [-0.05, 0) is 23.4 Å². The summed E-state index contributed by atoms with van der Waals surface area (Å²) in [5, 5.41) is 23.8. The zero-order chi connectivity index (χ0) is 13.7. The molecular weight excluding hydrogens is 264 g/mol. The lowest BCUT2D eigenvalue weighted by Crippen LogP contribution is -2.33. The van der Waals surface area contributed by atoms with Crippen molar-refractivity contribution in [3.8, 4) is 5.88 Å². The first-order chi connectivity index (χ1) is 8.49. The van der Waals surface area contributed by atoms with Crippen molar-refractivity contribution in [3.63, 3.8) is 0 Å². The van der Waals surface area contributed by atoms with Crippen LogP contribution in [0.5, 0.6) is 5.88 Å². The monoisotopic (exact) mass is 274 g/mol. The fraction of sp³-hybridized carbons (Fsp3) is 0.300. The average Bonchev–Trinajstić information content (AvgIpc) is 2.34. The summed E-state index contributed by atoms with van der Waals surface area (Å²) < 4.78 is 9.33. The summed E-state index contributed by atoms with van der Waals surface area (Å²) in [7, 11) is 1.31. The first-order valence-electron chi connectivity index (χ1n) is 4.91. The predicted molar refractivity (Wildman–Crippen MR) is 62.0 cm³/mol. The lowest BCUT2D eigenvalue weighted by Gasteiger charge is -2.03. The number of hydrogen-bond donors (Lipinski definition) is 1. The lowest BCUT2D eigenvalue weighted by atomic mass is 10.2. The number of nitrogens with zero attached hydrogens (tertiary/aromatic N) is 2. The summed E-state index contributed by atoms with van der Waals surface area (Å²) in [5.74, 6) is -1.59. The van der Waals surface area contributed by atoms with Gasteiger partial charge in [-0.3, -0.25) is 0 Å². The maximum absolute atomic E-state index is 11.3. The highest BCUT2D eigenvalue weighted by Crippen LogP contribution is 2.18. The Morgan fingerprint density at radius 1 is 1.72 bits per heavy atom. The van der Waals surface area contributed by atoms with Crippen molar-refractivity contribution in [2.45, 2.75) is 6.92 Å². The van der Waals surface area contributed by atoms with Crippen molar-refractivity contribution >= 4 is 23.6 Å². The number of ether oxygens (including phenoxy) is 2. The first-order valence-corrected chi connectivity index (χ1v) is 5.29. The number of aromatic nitrogens is 2. The molecule has 0 saturated carbocycles. The van der Waals surface area contributed by atoms with E-state index in [0.29, 0.717) is 0 Å². The maximum Gasteiger partial charge on any atom is 0.373 e. The van der Waals surface area contributed by atoms with Crippen LogP contribution in [0.25, 0.3) is 6.08 Å². The van der Waals surface area contributed by atoms with Gasteiger partial charge >= 0.3 is 11.1 Å². The van der Waals surface area contributed by atoms with Gasteiger partial charge in [0.25, 0.3) is 5.88 Å². The number of carbonyl (C=O) groups is 1. The van der Waals surface area contributed by atoms with Crippen molar-refractivity contribution in [1.29, 1.82) is 0 Å². The summed E-state index contributed by atoms with van der Waals surface area (Å²) in [6.45, 7) is 1.71. The Bertz CT molecular complexity index is 489. The molecule has 0 saturated heterocycles. The molecule has 0 radical (unpaired) electrons. The number of rotatable bonds is 4. The lowest BCUT2D eigenvalue weighted by molar-refractivity contribution is -0.667. The summed E-state index contributed by atoms with van der Waals surface area (Å²) in [4.78, 5) is 11.3. The third-order valence-electron chi connectivity index (χ3n) is 1.86. The quantitative estimate of drug-likeness (QED) is 0.287. The van der Waals surface area contributed by atoms with E-state index in [4.69, 9.17) is 16.3 Å². The van der Waals surface area contributed by atoms with E-state index in [1.54, 1.807) is 6.92 Å². The van der Waals surface area contributed by atoms with Crippen LogP contribution in [0.1, 0.15) is 12.5 Å². The van der Waals surface area contributed by atoms with Crippen LogP contribution in [0.15, 0.2) is 11.8 Å². The number of carbonyl (C=O) groups excluding carboxylic acids is 1. The molecule has 0 fully saturated rings. The highest BCUT2D eigenvalue weighted by molar-refractivity contribution is 6.30. The zero-order valence-electron chi connectivity index (χ0n) is 9.71. The van der Waals surface area contributed by atoms with Gasteiger partial charge in [0.05, 0.1) is 24.4 Å². The molecular formula is C10H11ClN2O5. The Morgan fingerprint density at radius 3 is 2.94 bits per heavy atom. The van der Waals surface area contributed by atoms with Gasteiger partial charge in [0, 0.05) is 12.1 Å². The van der Waals surface area contributed by atoms with Crippen LogP contribution in [-0.2, 0) is 9.53 Å². The van der Waals surface area contributed by atoms with Crippen LogP contribution in [0.3, 0.4) is 0 Å². The minimum absolute atomic E-state index is 0.00249. The Morgan fingerprint density at radius 2 is 2.39 bits per heavy atom. The Kier molecular flexibility index (Phi) is 4.73. The Labute approximate surface area is 108 Å². The van der Waals surface area contributed by atoms with Crippen LogP contribution >= 0.6 is 11.6 Å². The third kappa shape index (κ3) is 3.24. The second kappa shape index (κ2) is 6.06. The SMILES string of the molecule is CCOC(=O)C(O)=Cc1cc(OC)n[n+]([O-])c1Cl. The molecule has 98 valence electrons. The second-order valence-corrected chi connectivity index (χ2v) is 3.41. The second-order valence-electron chi connectivity index (χ2n) is 3.06. The largest absolute Gasteiger partial charge is 0.593 e. The molecule has 0 bridgehead atoms. The molecule has 0 amide bonds. The Balaban J connectivity index is 3.13. The summed E-state index contributed by atoms with van der Waals surface area (Å²) >= 11 is 5.67. The summed E-state index contributed by atoms with van der Waals surface area (Å²) in [5.41, 5.74) is 0.0871. The fourth-order valence-electron chi connectivity index (χ4n) is 1.08. The molecule has 0 unspecified atom stereocenters. The smallest absolute Gasteiger partial charge is 0.373 e. The minimum Gasteiger partial charge on any atom is -0.593 e. The van der Waals surface area contributed by atoms with Gasteiger partial charge in [0.1, 0.15) is 0 Å². The first kappa shape index (κ1) is 14.0. The van der Waals surface area contributed by atoms with Gasteiger partial charge in [-0.15, -0.1) is 0 Å². The topological polar surface area (TPSA) is 95.6 Å². The van der Waals surface area contributed by atoms with E-state index in [9.17, 15) is 15.1 Å². The van der Waals surface area contributed by atoms with E-state index in [-0.39, 0.29) is 28.0 Å². The van der Waals surface area contributed by atoms with E-state index in [2.05, 4.69) is 9.84 Å². The highest BCUT2D eigenvalue weighted by Gasteiger charge is 2.16. The molecule has 0 aromatic carbocycles. The van der Waals surface area contributed by atoms with Crippen LogP contribution in [0, 0.1) is 5.21 Å². The van der Waals surface area contributed by atoms with Gasteiger partial charge in [0.2, 0.25) is 5.76 Å². The number of halogens is 1. The van der Waals surface area contributed by atoms with E-state index in [1.807, 2.05) is 0 Å². The molecule has 0 spiro atoms. The van der Waals surface area contributed by atoms with Crippen LogP contribution in [0.2, 0.25) is 5.15 Å². The molecule has 0 aliphatic heterocycles. The summed E-state index contributed by atoms with van der Waals surface area (Å²) in [6.07, 6.45) is 0.999. The van der Waals surface area contributed by atoms with Crippen molar-refractivity contribution in [3.05, 3.63) is 27.7 Å². The molecule has 0 aliphatic rings. The highest BCUT2D eigenvalue weighted by atomic mass is 35.5. The molecule has 0 aliphatic carbocycles. The number of esters is 1. The van der Waals surface area contributed by atoms with Gasteiger partial charge in [-0.1, -0.05) is 0 Å². The molecule has 1 aromatic heterocycles. The standard InChI is InChI=1S/C10H11ClN2O5/c1-3-18-10(15)7(14)4-6-5-8(17-2)12-13(16)9(6)11/h4-5,14H,3H2,1-2H3. The van der Waals surface area contributed by atoms with Crippen LogP contribution in [0.4, 0.5) is 0 Å². The molecule has 7 nitrogen and oxygen atoms in total. The van der Waals surface area contributed by atoms with Crippen molar-refractivity contribution in [1.82, 2.24) is 5.10 Å². The molecule has 8 heteroatoms. The van der Waals surface area contributed by atoms with Gasteiger partial charge in [0.15, 0.2) is 0 Å². The number of aliphatic hydroxyl groups is 1. The zero-order valence-corrected chi connectivity index (χ0v) is 10.5. The van der Waals surface area contributed by atoms with Crippen LogP contribution in [-0.4, -0.2) is 29.9 Å². The van der Waals surface area contributed by atoms with Crippen molar-refractivity contribution < 1.29 is 24.2 Å². The van der Waals surface area contributed by atoms with E-state index in [1.165, 1.54) is 13.2 Å². The van der Waals surface area contributed by atoms with Crippen LogP contribution < -0.4 is 9.58 Å². The molecule has 1 N–H and O–H groups in total. The van der Waals surface area contributed by atoms with Gasteiger partial charge < -0.3 is 19.8 Å². The van der Waals surface area contributed by atoms with Crippen molar-refractivity contribution in [2.24, 2.45) is 0 Å². The number of hydrogen-bond acceptors (Lipinski definition) is 6. The van der Waals surface area contributed by atoms with Crippen molar-refractivity contribution in [2.75, 3.05) is 13.7 Å². The molecule has 1 aromatic rings. The average molecular weight is 275 g/mol. The number of methoxy groups -OCH3 is 1. The predicted octanol–water partition coefficient (Wildman–Crippen LogP) is 0.839. The Hall–Kier alpha value is -2.02. The van der Waals surface area contributed by atoms with E-state index < -0.39 is 11.7 Å². The molecule has 1 heterocycles. The minimum atomic E-state index is -0.915. The maximum atomic E-state index is 11.3. The fourth-order valence-corrected chi connectivity index (χ4v) is 1.22. The van der Waals surface area contributed by atoms with Gasteiger partial charge in [-0.25, -0.2) is 4.79 Å². The van der Waals surface area contributed by atoms with E-state index in [0.717, 1.165) is 6.08 Å². The van der Waals surface area contributed by atoms with E-state index >= 15 is 0 Å². The molecule has 18 heavy (non-hydrogen) atoms. The third-order valence-corrected chi connectivity index (χ3v) is 2.22. The number of aliphatic hydroxyl groups excluding tert-OH is 1. The molecule has 0 atom stereocenters. The normalized spacial score (nSPS) is 11.2. The summed E-state index contributed by atoms with van der Waals surface area (Å²) in [6, 6.07) is 1.30. The van der Waals surface area contributed by atoms with Gasteiger partial charge in [-0.2, -0.15) is 0 Å². The molecule has 1 rings (SSSR count).